The molecule has 0 aromatic carbocycles. The second kappa shape index (κ2) is 4.65. The molecule has 1 rings (SSSR count). The van der Waals surface area contributed by atoms with E-state index in [1.54, 1.807) is 0 Å². The molecule has 1 aromatic rings. The maximum atomic E-state index is 12.3. The summed E-state index contributed by atoms with van der Waals surface area (Å²) >= 11 is 9.32. The number of aromatic amines is 1. The molecule has 0 amide bonds. The second-order valence-electron chi connectivity index (χ2n) is 2.28. The van der Waals surface area contributed by atoms with Crippen LogP contribution in [0.25, 0.3) is 0 Å². The van der Waals surface area contributed by atoms with E-state index in [1.165, 1.54) is 12.1 Å². The third-order valence-electron chi connectivity index (χ3n) is 1.08. The minimum absolute atomic E-state index is 0.0154. The molecule has 0 fully saturated rings. The van der Waals surface area contributed by atoms with Crippen molar-refractivity contribution in [3.05, 3.63) is 12.1 Å². The zero-order valence-electron chi connectivity index (χ0n) is 6.74. The van der Waals surface area contributed by atoms with Crippen molar-refractivity contribution in [3.63, 3.8) is 0 Å². The summed E-state index contributed by atoms with van der Waals surface area (Å²) in [4.78, 5) is 2.32. The molecule has 0 radical (unpaired) electrons. The SMILES string of the molecule is FC(F)(Cl)Sc1ccc(SC(F)(F)Cl)[nH]1. The number of halogens is 6. The van der Waals surface area contributed by atoms with E-state index in [4.69, 9.17) is 0 Å². The fourth-order valence-electron chi connectivity index (χ4n) is 0.725. The summed E-state index contributed by atoms with van der Waals surface area (Å²) in [5.74, 6) is 0. The van der Waals surface area contributed by atoms with Gasteiger partial charge in [-0.3, -0.25) is 0 Å². The molecule has 0 spiro atoms. The zero-order chi connectivity index (χ0) is 11.7. The van der Waals surface area contributed by atoms with Crippen LogP contribution in [0.1, 0.15) is 0 Å². The highest BCUT2D eigenvalue weighted by Gasteiger charge is 2.29. The van der Waals surface area contributed by atoms with Crippen LogP contribution >= 0.6 is 46.7 Å². The predicted molar refractivity (Wildman–Crippen MR) is 54.1 cm³/mol. The van der Waals surface area contributed by atoms with Crippen molar-refractivity contribution in [2.45, 2.75) is 19.5 Å². The highest BCUT2D eigenvalue weighted by atomic mass is 35.5. The van der Waals surface area contributed by atoms with Gasteiger partial charge in [0.1, 0.15) is 0 Å². The van der Waals surface area contributed by atoms with Gasteiger partial charge in [0.05, 0.1) is 10.1 Å². The number of hydrogen-bond acceptors (Lipinski definition) is 2. The first-order valence-electron chi connectivity index (χ1n) is 3.36. The van der Waals surface area contributed by atoms with E-state index in [0.29, 0.717) is 0 Å². The van der Waals surface area contributed by atoms with Crippen LogP contribution in [-0.2, 0) is 0 Å². The Balaban J connectivity index is 2.65. The molecule has 0 aliphatic carbocycles. The van der Waals surface area contributed by atoms with Gasteiger partial charge in [0.25, 0.3) is 0 Å². The van der Waals surface area contributed by atoms with Crippen LogP contribution in [0.15, 0.2) is 22.2 Å². The van der Waals surface area contributed by atoms with E-state index >= 15 is 0 Å². The Morgan fingerprint density at radius 1 is 0.933 bits per heavy atom. The normalized spacial score (nSPS) is 13.2. The number of hydrogen-bond donors (Lipinski definition) is 1. The van der Waals surface area contributed by atoms with Gasteiger partial charge in [-0.1, -0.05) is 0 Å². The van der Waals surface area contributed by atoms with Gasteiger partial charge < -0.3 is 4.98 Å². The molecular formula is C6H3Cl2F4NS2. The summed E-state index contributed by atoms with van der Waals surface area (Å²) in [6.45, 7) is 0. The van der Waals surface area contributed by atoms with E-state index in [1.807, 2.05) is 0 Å². The van der Waals surface area contributed by atoms with Gasteiger partial charge in [0.2, 0.25) is 0 Å². The van der Waals surface area contributed by atoms with Gasteiger partial charge in [0.15, 0.2) is 0 Å². The molecule has 15 heavy (non-hydrogen) atoms. The Labute approximate surface area is 101 Å². The van der Waals surface area contributed by atoms with Crippen LogP contribution in [0.3, 0.4) is 0 Å². The van der Waals surface area contributed by atoms with Crippen LogP contribution in [0.4, 0.5) is 17.6 Å². The number of nitrogens with one attached hydrogen (secondary N) is 1. The Morgan fingerprint density at radius 3 is 1.53 bits per heavy atom. The van der Waals surface area contributed by atoms with Crippen LogP contribution in [0.2, 0.25) is 0 Å². The van der Waals surface area contributed by atoms with E-state index < -0.39 is 9.43 Å². The molecule has 0 aliphatic heterocycles. The minimum atomic E-state index is -3.48. The van der Waals surface area contributed by atoms with E-state index in [9.17, 15) is 17.6 Å². The fourth-order valence-corrected chi connectivity index (χ4v) is 2.38. The number of aromatic nitrogens is 1. The van der Waals surface area contributed by atoms with Crippen molar-refractivity contribution in [2.75, 3.05) is 0 Å². The topological polar surface area (TPSA) is 15.8 Å². The molecule has 0 saturated heterocycles. The van der Waals surface area contributed by atoms with Crippen LogP contribution < -0.4 is 0 Å². The maximum Gasteiger partial charge on any atom is 0.377 e. The van der Waals surface area contributed by atoms with Crippen LogP contribution in [-0.4, -0.2) is 14.4 Å². The lowest BCUT2D eigenvalue weighted by Gasteiger charge is -2.05. The number of H-pyrrole nitrogens is 1. The molecule has 0 aliphatic rings. The first-order valence-corrected chi connectivity index (χ1v) is 5.75. The molecule has 1 heterocycles. The van der Waals surface area contributed by atoms with Gasteiger partial charge in [-0.25, -0.2) is 0 Å². The summed E-state index contributed by atoms with van der Waals surface area (Å²) < 4.78 is 42.2. The lowest BCUT2D eigenvalue weighted by molar-refractivity contribution is 0.203. The number of thioether (sulfide) groups is 2. The smallest absolute Gasteiger partial charge is 0.345 e. The monoisotopic (exact) mass is 299 g/mol. The largest absolute Gasteiger partial charge is 0.377 e. The summed E-state index contributed by atoms with van der Waals surface area (Å²) in [6, 6.07) is 2.43. The standard InChI is InChI=1S/C6H3Cl2F4NS2/c7-5(9,10)14-3-1-2-4(13-3)15-6(8,11)12/h1-2,13H. The van der Waals surface area contributed by atoms with Gasteiger partial charge in [-0.05, 0) is 58.9 Å². The van der Waals surface area contributed by atoms with Crippen molar-refractivity contribution in [1.29, 1.82) is 0 Å². The van der Waals surface area contributed by atoms with E-state index in [-0.39, 0.29) is 33.6 Å². The highest BCUT2D eigenvalue weighted by molar-refractivity contribution is 8.02. The number of rotatable bonds is 4. The van der Waals surface area contributed by atoms with Crippen molar-refractivity contribution < 1.29 is 17.6 Å². The van der Waals surface area contributed by atoms with Gasteiger partial charge in [-0.15, -0.1) is 0 Å². The average Bonchev–Trinajstić information content (AvgIpc) is 2.28. The average molecular weight is 300 g/mol. The van der Waals surface area contributed by atoms with Crippen molar-refractivity contribution in [2.24, 2.45) is 0 Å². The maximum absolute atomic E-state index is 12.3. The molecule has 0 unspecified atom stereocenters. The summed E-state index contributed by atoms with van der Waals surface area (Å²) in [5.41, 5.74) is 0. The molecule has 1 aromatic heterocycles. The van der Waals surface area contributed by atoms with Gasteiger partial charge in [0, 0.05) is 0 Å². The Morgan fingerprint density at radius 2 is 1.27 bits per heavy atom. The third-order valence-corrected chi connectivity index (χ3v) is 2.93. The summed E-state index contributed by atoms with van der Waals surface area (Å²) in [7, 11) is 0. The van der Waals surface area contributed by atoms with Crippen LogP contribution in [0.5, 0.6) is 0 Å². The molecule has 0 atom stereocenters. The molecule has 1 N–H and O–H groups in total. The quantitative estimate of drug-likeness (QED) is 0.489. The van der Waals surface area contributed by atoms with Crippen molar-refractivity contribution >= 4 is 46.7 Å². The van der Waals surface area contributed by atoms with Crippen molar-refractivity contribution in [1.82, 2.24) is 4.98 Å². The Hall–Kier alpha value is 0.280. The fraction of sp³-hybridized carbons (Fsp3) is 0.333. The second-order valence-corrected chi connectivity index (χ2v) is 5.99. The van der Waals surface area contributed by atoms with E-state index in [2.05, 4.69) is 28.2 Å². The highest BCUT2D eigenvalue weighted by Crippen LogP contribution is 2.42. The number of alkyl halides is 6. The van der Waals surface area contributed by atoms with E-state index in [0.717, 1.165) is 0 Å². The molecular weight excluding hydrogens is 297 g/mol. The first kappa shape index (κ1) is 13.3. The minimum Gasteiger partial charge on any atom is -0.345 e. The lowest BCUT2D eigenvalue weighted by Crippen LogP contribution is -1.98. The molecule has 86 valence electrons. The Kier molecular flexibility index (Phi) is 4.13. The van der Waals surface area contributed by atoms with Crippen LogP contribution in [0, 0.1) is 0 Å². The summed E-state index contributed by atoms with van der Waals surface area (Å²) in [6.07, 6.45) is 0. The third kappa shape index (κ3) is 5.79. The zero-order valence-corrected chi connectivity index (χ0v) is 9.88. The van der Waals surface area contributed by atoms with Gasteiger partial charge >= 0.3 is 9.43 Å². The lowest BCUT2D eigenvalue weighted by atomic mass is 10.7. The summed E-state index contributed by atoms with van der Waals surface area (Å²) in [5, 5.41) is -0.0307. The predicted octanol–water partition coefficient (Wildman–Crippen LogP) is 4.78. The molecule has 0 saturated carbocycles. The van der Waals surface area contributed by atoms with Crippen molar-refractivity contribution in [3.8, 4) is 0 Å². The first-order chi connectivity index (χ1) is 6.66. The molecule has 9 heteroatoms. The van der Waals surface area contributed by atoms with Gasteiger partial charge in [-0.2, -0.15) is 17.6 Å². The molecule has 1 nitrogen and oxygen atoms in total. The Bertz CT molecular complexity index is 302. The molecule has 0 bridgehead atoms.